The van der Waals surface area contributed by atoms with E-state index >= 15 is 0 Å². The number of ether oxygens (including phenoxy) is 1. The number of phosphoric ester groups is 1. The molecule has 3 rings (SSSR count). The summed E-state index contributed by atoms with van der Waals surface area (Å²) in [4.78, 5) is 55.5. The highest BCUT2D eigenvalue weighted by Gasteiger charge is 2.45. The molecule has 0 amide bonds. The first kappa shape index (κ1) is 26.1. The molecule has 0 spiro atoms. The second-order valence-corrected chi connectivity index (χ2v) is 10.6. The summed E-state index contributed by atoms with van der Waals surface area (Å²) in [7, 11) is -16.6. The van der Waals surface area contributed by atoms with Crippen molar-refractivity contribution in [3.63, 3.8) is 0 Å². The number of nitrogen functional groups attached to an aromatic ring is 1. The normalized spacial score (nSPS) is 27.4. The van der Waals surface area contributed by atoms with Gasteiger partial charge in [0, 0.05) is 7.05 Å². The minimum Gasteiger partial charge on any atom is -0.790 e. The van der Waals surface area contributed by atoms with Gasteiger partial charge in [0.1, 0.15) is 18.3 Å². The van der Waals surface area contributed by atoms with E-state index in [4.69, 9.17) is 10.5 Å². The summed E-state index contributed by atoms with van der Waals surface area (Å²) >= 11 is 0. The fraction of sp³-hybridized carbons (Fsp3) is 0.545. The fourth-order valence-corrected chi connectivity index (χ4v) is 5.70. The van der Waals surface area contributed by atoms with Crippen LogP contribution in [0.3, 0.4) is 0 Å². The molecular formula is C11H15N6O13P3-4. The number of fused-ring (bicyclic) bond motifs is 1. The molecule has 5 N–H and O–H groups in total. The molecule has 186 valence electrons. The lowest BCUT2D eigenvalue weighted by atomic mass is 10.1. The third kappa shape index (κ3) is 6.12. The van der Waals surface area contributed by atoms with Crippen LogP contribution in [0.2, 0.25) is 0 Å². The summed E-state index contributed by atoms with van der Waals surface area (Å²) in [6.07, 6.45) is -5.17. The maximum absolute atomic E-state index is 11.7. The molecule has 2 aromatic rings. The van der Waals surface area contributed by atoms with Crippen molar-refractivity contribution < 1.29 is 61.4 Å². The summed E-state index contributed by atoms with van der Waals surface area (Å²) in [6.45, 7) is -1.09. The first-order chi connectivity index (χ1) is 15.1. The van der Waals surface area contributed by atoms with Crippen molar-refractivity contribution in [2.24, 2.45) is 0 Å². The second-order valence-electron chi connectivity index (χ2n) is 6.35. The van der Waals surface area contributed by atoms with E-state index in [0.717, 1.165) is 0 Å². The molecule has 6 unspecified atom stereocenters. The average molecular weight is 532 g/mol. The lowest BCUT2D eigenvalue weighted by Gasteiger charge is -2.37. The fourth-order valence-electron chi connectivity index (χ4n) is 2.84. The van der Waals surface area contributed by atoms with Gasteiger partial charge in [0.25, 0.3) is 15.6 Å². The Labute approximate surface area is 183 Å². The molecule has 0 bridgehead atoms. The number of aliphatic hydroxyl groups excluding tert-OH is 2. The van der Waals surface area contributed by atoms with Crippen molar-refractivity contribution >= 4 is 46.4 Å². The largest absolute Gasteiger partial charge is 0.790 e. The van der Waals surface area contributed by atoms with Crippen LogP contribution in [0.1, 0.15) is 6.23 Å². The zero-order valence-corrected chi connectivity index (χ0v) is 18.9. The van der Waals surface area contributed by atoms with Gasteiger partial charge in [-0.25, -0.2) is 9.29 Å². The van der Waals surface area contributed by atoms with E-state index in [1.807, 2.05) is 0 Å². The van der Waals surface area contributed by atoms with Gasteiger partial charge < -0.3 is 54.7 Å². The lowest BCUT2D eigenvalue weighted by Crippen LogP contribution is -2.34. The van der Waals surface area contributed by atoms with E-state index < -0.39 is 54.6 Å². The summed E-state index contributed by atoms with van der Waals surface area (Å²) in [5.74, 6) is 0.0921. The molecule has 0 aliphatic carbocycles. The molecule has 19 nitrogen and oxygen atoms in total. The zero-order chi connectivity index (χ0) is 24.8. The molecule has 1 saturated heterocycles. The number of hydrogen-bond acceptors (Lipinski definition) is 18. The van der Waals surface area contributed by atoms with Crippen molar-refractivity contribution in [3.8, 4) is 0 Å². The Kier molecular flexibility index (Phi) is 7.29. The molecule has 0 aromatic carbocycles. The third-order valence-electron chi connectivity index (χ3n) is 4.08. The standard InChI is InChI=1S/C11H19N6O13P3/c1-13-8-5-9(16-11(12)15-8)17(3-14-5)10-7(19)6(18)4(28-10)2-27-32(23,24)30-33(25,26)29-31(20,21)22/h3-4,6-7,10,18-19H,2H2,1H3,(H,23,24)(H,25,26)(H2,20,21,22)(H3,12,13,15,16)/p-4. The van der Waals surface area contributed by atoms with Crippen LogP contribution in [-0.4, -0.2) is 61.7 Å². The van der Waals surface area contributed by atoms with Crippen LogP contribution in [0.15, 0.2) is 6.33 Å². The highest BCUT2D eigenvalue weighted by Crippen LogP contribution is 2.60. The molecule has 1 aliphatic heterocycles. The van der Waals surface area contributed by atoms with E-state index in [2.05, 4.69) is 33.4 Å². The van der Waals surface area contributed by atoms with Crippen LogP contribution < -0.4 is 30.6 Å². The number of aromatic nitrogens is 4. The van der Waals surface area contributed by atoms with Crippen LogP contribution in [0.25, 0.3) is 11.2 Å². The number of nitrogens with one attached hydrogen (secondary N) is 1. The van der Waals surface area contributed by atoms with Crippen molar-refractivity contribution in [2.45, 2.75) is 24.5 Å². The van der Waals surface area contributed by atoms with E-state index in [1.165, 1.54) is 10.9 Å². The van der Waals surface area contributed by atoms with Crippen LogP contribution in [0, 0.1) is 0 Å². The van der Waals surface area contributed by atoms with E-state index in [1.54, 1.807) is 7.05 Å². The van der Waals surface area contributed by atoms with Gasteiger partial charge in [0.05, 0.1) is 20.8 Å². The number of rotatable bonds is 9. The molecular weight excluding hydrogens is 517 g/mol. The Morgan fingerprint density at radius 1 is 1.15 bits per heavy atom. The highest BCUT2D eigenvalue weighted by molar-refractivity contribution is 7.64. The molecule has 0 saturated carbocycles. The monoisotopic (exact) mass is 532 g/mol. The molecule has 3 heterocycles. The lowest BCUT2D eigenvalue weighted by molar-refractivity contribution is -0.339. The maximum atomic E-state index is 11.7. The zero-order valence-electron chi connectivity index (χ0n) is 16.2. The number of aliphatic hydroxyl groups is 2. The predicted octanol–water partition coefficient (Wildman–Crippen LogP) is -4.12. The summed E-state index contributed by atoms with van der Waals surface area (Å²) in [5.41, 5.74) is 5.95. The Balaban J connectivity index is 1.73. The number of nitrogens with zero attached hydrogens (tertiary/aromatic N) is 4. The molecule has 0 radical (unpaired) electrons. The summed E-state index contributed by atoms with van der Waals surface area (Å²) < 4.78 is 50.5. The SMILES string of the molecule is CNc1nc(N)nc2c1ncn2C1OC(COP(=O)([O-])OP(=O)([O-])OP(=O)([O-])[O-])C(O)C1O. The Hall–Kier alpha value is -1.56. The summed E-state index contributed by atoms with van der Waals surface area (Å²) in [5, 5.41) is 23.3. The maximum Gasteiger partial charge on any atom is 0.278 e. The minimum absolute atomic E-state index is 0.0894. The van der Waals surface area contributed by atoms with Gasteiger partial charge in [-0.2, -0.15) is 9.97 Å². The number of nitrogens with two attached hydrogens (primary N) is 1. The topological polar surface area (TPSA) is 302 Å². The molecule has 1 fully saturated rings. The molecule has 6 atom stereocenters. The minimum atomic E-state index is -6.15. The average Bonchev–Trinajstić information content (AvgIpc) is 3.18. The van der Waals surface area contributed by atoms with Gasteiger partial charge in [-0.1, -0.05) is 0 Å². The Morgan fingerprint density at radius 2 is 1.82 bits per heavy atom. The van der Waals surface area contributed by atoms with Crippen molar-refractivity contribution in [3.05, 3.63) is 6.33 Å². The third-order valence-corrected chi connectivity index (χ3v) is 7.75. The van der Waals surface area contributed by atoms with Gasteiger partial charge in [-0.3, -0.25) is 18.0 Å². The highest BCUT2D eigenvalue weighted by atomic mass is 31.3. The van der Waals surface area contributed by atoms with E-state index in [-0.39, 0.29) is 22.9 Å². The van der Waals surface area contributed by atoms with Crippen LogP contribution in [0.4, 0.5) is 11.8 Å². The van der Waals surface area contributed by atoms with E-state index in [0.29, 0.717) is 0 Å². The van der Waals surface area contributed by atoms with Crippen LogP contribution >= 0.6 is 23.5 Å². The van der Waals surface area contributed by atoms with Crippen molar-refractivity contribution in [1.29, 1.82) is 0 Å². The molecule has 33 heavy (non-hydrogen) atoms. The van der Waals surface area contributed by atoms with Gasteiger partial charge in [0.2, 0.25) is 5.95 Å². The van der Waals surface area contributed by atoms with Gasteiger partial charge >= 0.3 is 0 Å². The second kappa shape index (κ2) is 9.24. The Bertz CT molecular complexity index is 1170. The first-order valence-corrected chi connectivity index (χ1v) is 12.9. The summed E-state index contributed by atoms with van der Waals surface area (Å²) in [6, 6.07) is 0. The smallest absolute Gasteiger partial charge is 0.278 e. The molecule has 22 heteroatoms. The van der Waals surface area contributed by atoms with Gasteiger partial charge in [-0.05, 0) is 0 Å². The van der Waals surface area contributed by atoms with Gasteiger partial charge in [0.15, 0.2) is 23.2 Å². The number of anilines is 2. The predicted molar refractivity (Wildman–Crippen MR) is 96.1 cm³/mol. The van der Waals surface area contributed by atoms with Crippen LogP contribution in [-0.2, 0) is 31.6 Å². The number of imidazole rings is 1. The number of hydrogen-bond donors (Lipinski definition) is 4. The quantitative estimate of drug-likeness (QED) is 0.223. The Morgan fingerprint density at radius 3 is 2.42 bits per heavy atom. The van der Waals surface area contributed by atoms with Gasteiger partial charge in [-0.15, -0.1) is 0 Å². The van der Waals surface area contributed by atoms with Crippen LogP contribution in [0.5, 0.6) is 0 Å². The van der Waals surface area contributed by atoms with E-state index in [9.17, 15) is 43.5 Å². The van der Waals surface area contributed by atoms with Crippen molar-refractivity contribution in [1.82, 2.24) is 19.5 Å². The molecule has 2 aromatic heterocycles. The first-order valence-electron chi connectivity index (χ1n) is 8.53. The van der Waals surface area contributed by atoms with Crippen molar-refractivity contribution in [2.75, 3.05) is 24.7 Å². The molecule has 1 aliphatic rings. The number of phosphoric acid groups is 3.